The van der Waals surface area contributed by atoms with Crippen LogP contribution in [0.15, 0.2) is 64.0 Å². The highest BCUT2D eigenvalue weighted by atomic mass is 16.5. The number of furan rings is 1. The summed E-state index contributed by atoms with van der Waals surface area (Å²) in [5.41, 5.74) is 1.76. The van der Waals surface area contributed by atoms with Crippen LogP contribution in [0.3, 0.4) is 0 Å². The number of nitrogens with zero attached hydrogens (tertiary/aromatic N) is 3. The van der Waals surface area contributed by atoms with Gasteiger partial charge in [0.25, 0.3) is 11.5 Å². The second-order valence-electron chi connectivity index (χ2n) is 6.66. The fourth-order valence-corrected chi connectivity index (χ4v) is 2.80. The third-order valence-corrected chi connectivity index (χ3v) is 4.20. The lowest BCUT2D eigenvalue weighted by Gasteiger charge is -2.09. The Hall–Kier alpha value is -4.14. The van der Waals surface area contributed by atoms with Crippen molar-refractivity contribution in [1.29, 1.82) is 0 Å². The fourth-order valence-electron chi connectivity index (χ4n) is 2.80. The van der Waals surface area contributed by atoms with Crippen LogP contribution in [0.5, 0.6) is 5.75 Å². The van der Waals surface area contributed by atoms with Crippen molar-refractivity contribution in [3.8, 4) is 23.2 Å². The molecule has 4 aromatic rings. The molecule has 0 spiro atoms. The second kappa shape index (κ2) is 8.08. The van der Waals surface area contributed by atoms with E-state index in [0.29, 0.717) is 28.7 Å². The number of H-pyrrole nitrogens is 1. The van der Waals surface area contributed by atoms with Gasteiger partial charge in [0, 0.05) is 17.8 Å². The molecule has 9 nitrogen and oxygen atoms in total. The molecule has 2 N–H and O–H groups in total. The molecule has 0 atom stereocenters. The summed E-state index contributed by atoms with van der Waals surface area (Å²) in [7, 11) is 0. The van der Waals surface area contributed by atoms with Crippen LogP contribution in [0.1, 0.15) is 11.3 Å². The van der Waals surface area contributed by atoms with Crippen molar-refractivity contribution in [3.05, 3.63) is 76.4 Å². The average molecular weight is 405 g/mol. The lowest BCUT2D eigenvalue weighted by atomic mass is 10.2. The molecular formula is C21H19N5O4. The Kier molecular flexibility index (Phi) is 5.17. The van der Waals surface area contributed by atoms with Crippen molar-refractivity contribution in [2.75, 3.05) is 11.9 Å². The Balaban J connectivity index is 1.60. The van der Waals surface area contributed by atoms with Crippen LogP contribution < -0.4 is 15.6 Å². The molecule has 1 amide bonds. The van der Waals surface area contributed by atoms with Crippen molar-refractivity contribution < 1.29 is 13.9 Å². The maximum atomic E-state index is 12.5. The molecule has 0 aliphatic rings. The first kappa shape index (κ1) is 19.2. The molecule has 4 rings (SSSR count). The predicted octanol–water partition coefficient (Wildman–Crippen LogP) is 2.85. The molecule has 3 heterocycles. The van der Waals surface area contributed by atoms with Crippen molar-refractivity contribution in [3.63, 3.8) is 0 Å². The van der Waals surface area contributed by atoms with Gasteiger partial charge in [0.1, 0.15) is 17.3 Å². The quantitative estimate of drug-likeness (QED) is 0.510. The van der Waals surface area contributed by atoms with E-state index in [9.17, 15) is 9.59 Å². The number of aromatic nitrogens is 4. The number of amides is 1. The van der Waals surface area contributed by atoms with Crippen LogP contribution in [-0.4, -0.2) is 32.3 Å². The maximum absolute atomic E-state index is 12.5. The summed E-state index contributed by atoms with van der Waals surface area (Å²) in [4.78, 5) is 31.3. The standard InChI is InChI=1S/C21H19N5O4/c1-13-5-7-15(8-6-13)30-12-20(28)23-18-11-16(17-4-3-9-29-17)25-26(18)21-22-14(2)10-19(27)24-21/h3-11H,12H2,1-2H3,(H,23,28)(H,22,24,27). The summed E-state index contributed by atoms with van der Waals surface area (Å²) in [5.74, 6) is 1.19. The molecule has 0 bridgehead atoms. The highest BCUT2D eigenvalue weighted by Crippen LogP contribution is 2.24. The number of anilines is 1. The number of rotatable bonds is 6. The van der Waals surface area contributed by atoms with Gasteiger partial charge in [-0.1, -0.05) is 17.7 Å². The molecule has 152 valence electrons. The average Bonchev–Trinajstić information content (AvgIpc) is 3.37. The van der Waals surface area contributed by atoms with Gasteiger partial charge in [-0.15, -0.1) is 0 Å². The lowest BCUT2D eigenvalue weighted by molar-refractivity contribution is -0.118. The molecular weight excluding hydrogens is 386 g/mol. The number of nitrogens with one attached hydrogen (secondary N) is 2. The third kappa shape index (κ3) is 4.30. The number of carbonyl (C=O) groups is 1. The molecule has 30 heavy (non-hydrogen) atoms. The molecule has 0 saturated heterocycles. The summed E-state index contributed by atoms with van der Waals surface area (Å²) < 4.78 is 12.3. The van der Waals surface area contributed by atoms with E-state index in [1.807, 2.05) is 19.1 Å². The first-order valence-corrected chi connectivity index (χ1v) is 9.19. The first-order chi connectivity index (χ1) is 14.5. The number of carbonyl (C=O) groups excluding carboxylic acids is 1. The minimum absolute atomic E-state index is 0.174. The monoisotopic (exact) mass is 405 g/mol. The number of hydrogen-bond donors (Lipinski definition) is 2. The molecule has 0 fully saturated rings. The van der Waals surface area contributed by atoms with E-state index in [0.717, 1.165) is 5.56 Å². The van der Waals surface area contributed by atoms with Crippen molar-refractivity contribution in [1.82, 2.24) is 19.7 Å². The highest BCUT2D eigenvalue weighted by Gasteiger charge is 2.17. The molecule has 0 saturated carbocycles. The van der Waals surface area contributed by atoms with Gasteiger partial charge in [-0.05, 0) is 38.1 Å². The largest absolute Gasteiger partial charge is 0.484 e. The SMILES string of the molecule is Cc1ccc(OCC(=O)Nc2cc(-c3ccco3)nn2-c2nc(C)cc(=O)[nH]2)cc1. The smallest absolute Gasteiger partial charge is 0.263 e. The summed E-state index contributed by atoms with van der Waals surface area (Å²) >= 11 is 0. The predicted molar refractivity (Wildman–Crippen MR) is 110 cm³/mol. The first-order valence-electron chi connectivity index (χ1n) is 9.19. The van der Waals surface area contributed by atoms with E-state index in [1.54, 1.807) is 37.3 Å². The van der Waals surface area contributed by atoms with E-state index in [2.05, 4.69) is 20.4 Å². The summed E-state index contributed by atoms with van der Waals surface area (Å²) in [6.45, 7) is 3.48. The Morgan fingerprint density at radius 1 is 1.20 bits per heavy atom. The Morgan fingerprint density at radius 3 is 2.70 bits per heavy atom. The number of ether oxygens (including phenoxy) is 1. The van der Waals surface area contributed by atoms with Gasteiger partial charge >= 0.3 is 0 Å². The van der Waals surface area contributed by atoms with Gasteiger partial charge in [0.05, 0.1) is 6.26 Å². The van der Waals surface area contributed by atoms with E-state index >= 15 is 0 Å². The molecule has 3 aromatic heterocycles. The Bertz CT molecular complexity index is 1220. The molecule has 0 aliphatic heterocycles. The Morgan fingerprint density at radius 2 is 2.00 bits per heavy atom. The second-order valence-corrected chi connectivity index (χ2v) is 6.66. The minimum atomic E-state index is -0.391. The summed E-state index contributed by atoms with van der Waals surface area (Å²) in [6.07, 6.45) is 1.52. The molecule has 0 unspecified atom stereocenters. The van der Waals surface area contributed by atoms with Crippen molar-refractivity contribution in [2.24, 2.45) is 0 Å². The Labute approximate surface area is 171 Å². The van der Waals surface area contributed by atoms with Crippen LogP contribution in [0, 0.1) is 13.8 Å². The summed E-state index contributed by atoms with van der Waals surface area (Å²) in [6, 6.07) is 13.9. The van der Waals surface area contributed by atoms with Crippen molar-refractivity contribution in [2.45, 2.75) is 13.8 Å². The molecule has 9 heteroatoms. The molecule has 1 aromatic carbocycles. The van der Waals surface area contributed by atoms with Crippen LogP contribution in [-0.2, 0) is 4.79 Å². The zero-order chi connectivity index (χ0) is 21.1. The van der Waals surface area contributed by atoms with Crippen LogP contribution in [0.25, 0.3) is 17.4 Å². The van der Waals surface area contributed by atoms with Crippen LogP contribution in [0.2, 0.25) is 0 Å². The topological polar surface area (TPSA) is 115 Å². The number of hydrogen-bond acceptors (Lipinski definition) is 6. The van der Waals surface area contributed by atoms with Gasteiger partial charge in [-0.2, -0.15) is 9.78 Å². The van der Waals surface area contributed by atoms with Crippen LogP contribution in [0.4, 0.5) is 5.82 Å². The van der Waals surface area contributed by atoms with Crippen molar-refractivity contribution >= 4 is 11.7 Å². The minimum Gasteiger partial charge on any atom is -0.484 e. The van der Waals surface area contributed by atoms with Gasteiger partial charge in [0.15, 0.2) is 12.4 Å². The van der Waals surface area contributed by atoms with E-state index in [-0.39, 0.29) is 18.1 Å². The van der Waals surface area contributed by atoms with Gasteiger partial charge in [0.2, 0.25) is 5.95 Å². The van der Waals surface area contributed by atoms with Gasteiger partial charge in [-0.3, -0.25) is 14.6 Å². The van der Waals surface area contributed by atoms with Gasteiger partial charge < -0.3 is 14.5 Å². The molecule has 0 radical (unpaired) electrons. The number of aryl methyl sites for hydroxylation is 2. The maximum Gasteiger partial charge on any atom is 0.263 e. The number of aromatic amines is 1. The summed E-state index contributed by atoms with van der Waals surface area (Å²) in [5, 5.41) is 7.17. The third-order valence-electron chi connectivity index (χ3n) is 4.20. The van der Waals surface area contributed by atoms with Crippen LogP contribution >= 0.6 is 0 Å². The fraction of sp³-hybridized carbons (Fsp3) is 0.143. The van der Waals surface area contributed by atoms with E-state index < -0.39 is 5.91 Å². The van der Waals surface area contributed by atoms with Gasteiger partial charge in [-0.25, -0.2) is 4.98 Å². The molecule has 0 aliphatic carbocycles. The highest BCUT2D eigenvalue weighted by molar-refractivity contribution is 5.91. The zero-order valence-electron chi connectivity index (χ0n) is 16.4. The normalized spacial score (nSPS) is 10.7. The lowest BCUT2D eigenvalue weighted by Crippen LogP contribution is -2.23. The van der Waals surface area contributed by atoms with E-state index in [1.165, 1.54) is 17.0 Å². The van der Waals surface area contributed by atoms with E-state index in [4.69, 9.17) is 9.15 Å². The zero-order valence-corrected chi connectivity index (χ0v) is 16.4. The number of benzene rings is 1.